The first-order valence-corrected chi connectivity index (χ1v) is 15.9. The standard InChI is InChI=1S/C13H16N2O.C2H6.2HI.V/c1-8-9(2)15-6-5-13(3,4)12(16)11(15)10(8)7-14;1-2;;;/h5-6H2,1-4H3;1-2H3;2*1H;/q;;;;+2/p-2. The molecule has 0 radical (unpaired) electrons. The zero-order valence-corrected chi connectivity index (χ0v) is 19.1. The van der Waals surface area contributed by atoms with Crippen molar-refractivity contribution in [2.45, 2.75) is 54.5 Å². The molecule has 0 unspecified atom stereocenters. The second-order valence-corrected chi connectivity index (χ2v) is 17.0. The number of halogens is 2. The van der Waals surface area contributed by atoms with Crippen molar-refractivity contribution in [1.82, 2.24) is 4.57 Å². The van der Waals surface area contributed by atoms with Crippen molar-refractivity contribution in [3.63, 3.8) is 0 Å². The molecular weight excluding hydrogens is 529 g/mol. The number of Topliss-reactive ketones (excluding diaryl/α,β-unsaturated/α-hetero) is 1. The molecule has 0 amide bonds. The van der Waals surface area contributed by atoms with Crippen LogP contribution in [0, 0.1) is 30.6 Å². The number of carbonyl (C=O) groups is 1. The number of hydrogen-bond acceptors (Lipinski definition) is 2. The SMILES string of the molecule is CC.Cc1c(C#N)c2n(c1C)CCC(C)(C)C2=O.[I][V][I]. The van der Waals surface area contributed by atoms with Gasteiger partial charge < -0.3 is 4.57 Å². The summed E-state index contributed by atoms with van der Waals surface area (Å²) in [5.41, 5.74) is 2.85. The number of fused-ring (bicyclic) bond motifs is 1. The predicted octanol–water partition coefficient (Wildman–Crippen LogP) is 5.38. The molecule has 2 rings (SSSR count). The number of aromatic nitrogens is 1. The zero-order valence-electron chi connectivity index (χ0n) is 13.4. The zero-order chi connectivity index (χ0) is 16.8. The van der Waals surface area contributed by atoms with Crippen molar-refractivity contribution in [2.75, 3.05) is 0 Å². The maximum atomic E-state index is 12.3. The Labute approximate surface area is 157 Å². The maximum absolute atomic E-state index is 12.3. The average Bonchev–Trinajstić information content (AvgIpc) is 2.70. The fourth-order valence-corrected chi connectivity index (χ4v) is 2.34. The third-order valence-corrected chi connectivity index (χ3v) is 3.73. The Morgan fingerprint density at radius 2 is 1.76 bits per heavy atom. The van der Waals surface area contributed by atoms with Crippen LogP contribution in [0.3, 0.4) is 0 Å². The predicted molar refractivity (Wildman–Crippen MR) is 101 cm³/mol. The summed E-state index contributed by atoms with van der Waals surface area (Å²) in [6.07, 6.45) is 0.846. The first-order chi connectivity index (χ1) is 9.81. The topological polar surface area (TPSA) is 45.8 Å². The van der Waals surface area contributed by atoms with Crippen LogP contribution in [0.4, 0.5) is 0 Å². The van der Waals surface area contributed by atoms with Gasteiger partial charge in [0, 0.05) is 17.7 Å². The fraction of sp³-hybridized carbons (Fsp3) is 0.600. The summed E-state index contributed by atoms with van der Waals surface area (Å²) < 4.78 is 2.00. The minimum absolute atomic E-state index is 0.103. The van der Waals surface area contributed by atoms with Crippen LogP contribution in [0.2, 0.25) is 0 Å². The van der Waals surface area contributed by atoms with Crippen molar-refractivity contribution in [1.29, 1.82) is 5.26 Å². The van der Waals surface area contributed by atoms with Gasteiger partial charge in [-0.15, -0.1) is 0 Å². The molecule has 2 heterocycles. The summed E-state index contributed by atoms with van der Waals surface area (Å²) in [5.74, 6) is 0.103. The Morgan fingerprint density at radius 1 is 1.29 bits per heavy atom. The van der Waals surface area contributed by atoms with Crippen molar-refractivity contribution < 1.29 is 14.3 Å². The van der Waals surface area contributed by atoms with Crippen LogP contribution in [0.1, 0.15) is 61.4 Å². The van der Waals surface area contributed by atoms with Crippen LogP contribution in [0.15, 0.2) is 0 Å². The van der Waals surface area contributed by atoms with Crippen molar-refractivity contribution in [3.05, 3.63) is 22.5 Å². The van der Waals surface area contributed by atoms with Crippen LogP contribution >= 0.6 is 40.0 Å². The van der Waals surface area contributed by atoms with E-state index < -0.39 is 0 Å². The summed E-state index contributed by atoms with van der Waals surface area (Å²) in [6, 6.07) is 2.17. The number of carbonyl (C=O) groups excluding carboxylic acids is 1. The van der Waals surface area contributed by atoms with E-state index in [1.165, 1.54) is 0 Å². The van der Waals surface area contributed by atoms with Crippen molar-refractivity contribution >= 4 is 45.7 Å². The molecule has 0 aromatic carbocycles. The van der Waals surface area contributed by atoms with Gasteiger partial charge in [-0.1, -0.05) is 27.7 Å². The summed E-state index contributed by atoms with van der Waals surface area (Å²) in [4.78, 5) is 12.3. The molecule has 0 saturated carbocycles. The van der Waals surface area contributed by atoms with Gasteiger partial charge in [-0.25, -0.2) is 0 Å². The van der Waals surface area contributed by atoms with Gasteiger partial charge in [0.15, 0.2) is 5.78 Å². The molecule has 1 aliphatic heterocycles. The molecule has 0 spiro atoms. The van der Waals surface area contributed by atoms with Crippen LogP contribution in [0.25, 0.3) is 0 Å². The van der Waals surface area contributed by atoms with Crippen LogP contribution in [0.5, 0.6) is 0 Å². The molecule has 0 saturated heterocycles. The van der Waals surface area contributed by atoms with Gasteiger partial charge in [0.25, 0.3) is 0 Å². The number of hydrogen-bond donors (Lipinski definition) is 0. The van der Waals surface area contributed by atoms with E-state index in [-0.39, 0.29) is 11.2 Å². The number of nitrogens with zero attached hydrogens (tertiary/aromatic N) is 2. The summed E-state index contributed by atoms with van der Waals surface area (Å²) in [7, 11) is 0.628. The molecule has 0 fully saturated rings. The van der Waals surface area contributed by atoms with E-state index in [0.29, 0.717) is 20.7 Å². The molecular formula is C15H22I2N2OV. The molecule has 6 heteroatoms. The fourth-order valence-electron chi connectivity index (χ4n) is 2.34. The number of rotatable bonds is 0. The Bertz CT molecular complexity index is 545. The molecule has 1 aromatic heterocycles. The van der Waals surface area contributed by atoms with E-state index in [1.807, 2.05) is 46.1 Å². The van der Waals surface area contributed by atoms with Gasteiger partial charge in [-0.05, 0) is 25.8 Å². The normalized spacial score (nSPS) is 14.7. The minimum atomic E-state index is -0.334. The van der Waals surface area contributed by atoms with E-state index in [4.69, 9.17) is 5.26 Å². The molecule has 21 heavy (non-hydrogen) atoms. The monoisotopic (exact) mass is 551 g/mol. The Hall–Kier alpha value is 0.484. The van der Waals surface area contributed by atoms with E-state index in [2.05, 4.69) is 46.0 Å². The molecule has 0 aliphatic carbocycles. The van der Waals surface area contributed by atoms with Gasteiger partial charge in [-0.3, -0.25) is 4.79 Å². The van der Waals surface area contributed by atoms with E-state index in [0.717, 1.165) is 24.2 Å². The molecule has 0 N–H and O–H groups in total. The molecule has 0 bridgehead atoms. The van der Waals surface area contributed by atoms with Crippen molar-refractivity contribution in [2.24, 2.45) is 5.41 Å². The molecule has 1 aromatic rings. The first-order valence-electron chi connectivity index (χ1n) is 6.88. The summed E-state index contributed by atoms with van der Waals surface area (Å²) in [6.45, 7) is 12.6. The van der Waals surface area contributed by atoms with E-state index >= 15 is 0 Å². The van der Waals surface area contributed by atoms with Crippen LogP contribution in [-0.4, -0.2) is 10.4 Å². The molecule has 117 valence electrons. The number of nitriles is 1. The average molecular weight is 551 g/mol. The summed E-state index contributed by atoms with van der Waals surface area (Å²) >= 11 is 4.74. The second-order valence-electron chi connectivity index (χ2n) is 5.22. The Kier molecular flexibility index (Phi) is 9.81. The van der Waals surface area contributed by atoms with Gasteiger partial charge in [-0.2, -0.15) is 5.26 Å². The molecule has 3 nitrogen and oxygen atoms in total. The molecule has 1 aliphatic rings. The van der Waals surface area contributed by atoms with Gasteiger partial charge in [0.1, 0.15) is 11.8 Å². The Balaban J connectivity index is 0.000000713. The summed E-state index contributed by atoms with van der Waals surface area (Å²) in [5, 5.41) is 9.16. The van der Waals surface area contributed by atoms with Gasteiger partial charge in [0.05, 0.1) is 5.56 Å². The van der Waals surface area contributed by atoms with Crippen LogP contribution in [-0.2, 0) is 16.0 Å². The van der Waals surface area contributed by atoms with Crippen molar-refractivity contribution in [3.8, 4) is 6.07 Å². The van der Waals surface area contributed by atoms with E-state index in [9.17, 15) is 4.79 Å². The third kappa shape index (κ3) is 4.73. The quantitative estimate of drug-likeness (QED) is 0.407. The first kappa shape index (κ1) is 21.5. The third-order valence-electron chi connectivity index (χ3n) is 3.73. The van der Waals surface area contributed by atoms with E-state index in [1.54, 1.807) is 0 Å². The number of ketones is 1. The Morgan fingerprint density at radius 3 is 2.19 bits per heavy atom. The van der Waals surface area contributed by atoms with Gasteiger partial charge >= 0.3 is 49.4 Å². The second kappa shape index (κ2) is 9.58. The molecule has 0 atom stereocenters. The van der Waals surface area contributed by atoms with Crippen LogP contribution < -0.4 is 0 Å². The van der Waals surface area contributed by atoms with Gasteiger partial charge in [0.2, 0.25) is 0 Å².